The van der Waals surface area contributed by atoms with Crippen LogP contribution in [-0.2, 0) is 11.2 Å². The zero-order valence-corrected chi connectivity index (χ0v) is 13.1. The van der Waals surface area contributed by atoms with E-state index in [4.69, 9.17) is 4.74 Å². The van der Waals surface area contributed by atoms with Crippen LogP contribution in [0.2, 0.25) is 0 Å². The maximum atomic E-state index is 5.73. The molecular weight excluding hydrogens is 240 g/mol. The Hall–Kier alpha value is -0.940. The van der Waals surface area contributed by atoms with Crippen molar-refractivity contribution in [2.24, 2.45) is 0 Å². The van der Waals surface area contributed by atoms with Crippen molar-refractivity contribution in [1.29, 1.82) is 0 Å². The smallest absolute Gasteiger partial charge is 0.138 e. The minimum atomic E-state index is -0.191. The van der Waals surface area contributed by atoms with Gasteiger partial charge in [0, 0.05) is 25.6 Å². The molecule has 0 spiro atoms. The van der Waals surface area contributed by atoms with Gasteiger partial charge in [-0.25, -0.2) is 9.67 Å². The van der Waals surface area contributed by atoms with Crippen molar-refractivity contribution in [3.05, 3.63) is 12.2 Å². The maximum absolute atomic E-state index is 5.73. The first-order chi connectivity index (χ1) is 8.98. The average molecular weight is 268 g/mol. The highest BCUT2D eigenvalue weighted by atomic mass is 16.5. The first-order valence-corrected chi connectivity index (χ1v) is 7.15. The van der Waals surface area contributed by atoms with Crippen LogP contribution < -0.4 is 5.32 Å². The third-order valence-corrected chi connectivity index (χ3v) is 3.88. The van der Waals surface area contributed by atoms with Crippen molar-refractivity contribution in [2.75, 3.05) is 13.7 Å². The van der Waals surface area contributed by atoms with Gasteiger partial charge in [0.2, 0.25) is 0 Å². The molecule has 0 aliphatic carbocycles. The maximum Gasteiger partial charge on any atom is 0.138 e. The zero-order valence-electron chi connectivity index (χ0n) is 13.1. The molecule has 1 N–H and O–H groups in total. The molecule has 0 aliphatic heterocycles. The number of rotatable bonds is 8. The van der Waals surface area contributed by atoms with Crippen LogP contribution in [0.25, 0.3) is 0 Å². The quantitative estimate of drug-likeness (QED) is 0.785. The number of nitrogens with one attached hydrogen (secondary N) is 1. The molecule has 2 atom stereocenters. The second-order valence-electron chi connectivity index (χ2n) is 5.40. The van der Waals surface area contributed by atoms with E-state index >= 15 is 0 Å². The fraction of sp³-hybridized carbons (Fsp3) is 0.857. The Morgan fingerprint density at radius 1 is 1.42 bits per heavy atom. The number of ether oxygens (including phenoxy) is 1. The van der Waals surface area contributed by atoms with Gasteiger partial charge in [-0.2, -0.15) is 5.10 Å². The highest BCUT2D eigenvalue weighted by Crippen LogP contribution is 2.22. The minimum absolute atomic E-state index is 0.191. The number of aromatic nitrogens is 3. The third-order valence-electron chi connectivity index (χ3n) is 3.88. The summed E-state index contributed by atoms with van der Waals surface area (Å²) in [5.74, 6) is 1.01. The molecule has 110 valence electrons. The van der Waals surface area contributed by atoms with E-state index in [0.29, 0.717) is 6.04 Å². The van der Waals surface area contributed by atoms with Crippen LogP contribution in [0.4, 0.5) is 0 Å². The monoisotopic (exact) mass is 268 g/mol. The summed E-state index contributed by atoms with van der Waals surface area (Å²) in [7, 11) is 1.78. The second kappa shape index (κ2) is 7.01. The molecule has 0 radical (unpaired) electrons. The van der Waals surface area contributed by atoms with Crippen molar-refractivity contribution >= 4 is 0 Å². The van der Waals surface area contributed by atoms with Gasteiger partial charge in [-0.15, -0.1) is 0 Å². The number of hydrogen-bond acceptors (Lipinski definition) is 4. The largest absolute Gasteiger partial charge is 0.377 e. The summed E-state index contributed by atoms with van der Waals surface area (Å²) in [6, 6.07) is 0.560. The Kier molecular flexibility index (Phi) is 5.94. The molecule has 0 aromatic carbocycles. The fourth-order valence-electron chi connectivity index (χ4n) is 2.32. The molecule has 0 bridgehead atoms. The molecule has 0 saturated carbocycles. The molecule has 1 rings (SSSR count). The van der Waals surface area contributed by atoms with E-state index in [1.807, 2.05) is 4.68 Å². The number of likely N-dealkylation sites (N-methyl/N-ethyl adjacent to an activating group) is 1. The van der Waals surface area contributed by atoms with Gasteiger partial charge in [0.1, 0.15) is 12.2 Å². The van der Waals surface area contributed by atoms with Crippen molar-refractivity contribution < 1.29 is 4.74 Å². The topological polar surface area (TPSA) is 52.0 Å². The van der Waals surface area contributed by atoms with Crippen LogP contribution in [-0.4, -0.2) is 40.1 Å². The average Bonchev–Trinajstić information content (AvgIpc) is 2.85. The normalized spacial score (nSPS) is 16.6. The van der Waals surface area contributed by atoms with E-state index in [1.165, 1.54) is 0 Å². The van der Waals surface area contributed by atoms with E-state index < -0.39 is 0 Å². The number of nitrogens with zero attached hydrogens (tertiary/aromatic N) is 3. The summed E-state index contributed by atoms with van der Waals surface area (Å²) in [5.41, 5.74) is -0.191. The Balaban J connectivity index is 2.92. The van der Waals surface area contributed by atoms with Gasteiger partial charge >= 0.3 is 0 Å². The second-order valence-corrected chi connectivity index (χ2v) is 5.40. The first kappa shape index (κ1) is 16.1. The predicted octanol–water partition coefficient (Wildman–Crippen LogP) is 2.19. The summed E-state index contributed by atoms with van der Waals surface area (Å²) in [5, 5.41) is 7.82. The van der Waals surface area contributed by atoms with Crippen LogP contribution in [0.15, 0.2) is 6.33 Å². The molecule has 1 heterocycles. The van der Waals surface area contributed by atoms with Crippen LogP contribution in [0.5, 0.6) is 0 Å². The molecule has 5 nitrogen and oxygen atoms in total. The Labute approximate surface area is 116 Å². The fourth-order valence-corrected chi connectivity index (χ4v) is 2.32. The lowest BCUT2D eigenvalue weighted by Crippen LogP contribution is -2.51. The summed E-state index contributed by atoms with van der Waals surface area (Å²) < 4.78 is 7.71. The first-order valence-electron chi connectivity index (χ1n) is 7.15. The van der Waals surface area contributed by atoms with Gasteiger partial charge in [0.15, 0.2) is 0 Å². The highest BCUT2D eigenvalue weighted by Gasteiger charge is 2.33. The van der Waals surface area contributed by atoms with Gasteiger partial charge < -0.3 is 10.1 Å². The van der Waals surface area contributed by atoms with Gasteiger partial charge in [-0.3, -0.25) is 0 Å². The van der Waals surface area contributed by atoms with E-state index in [2.05, 4.69) is 50.0 Å². The Bertz CT molecular complexity index is 371. The molecule has 2 unspecified atom stereocenters. The van der Waals surface area contributed by atoms with Crippen molar-refractivity contribution in [3.63, 3.8) is 0 Å². The minimum Gasteiger partial charge on any atom is -0.377 e. The molecule has 5 heteroatoms. The summed E-state index contributed by atoms with van der Waals surface area (Å²) in [6.07, 6.45) is 3.41. The zero-order chi connectivity index (χ0) is 14.5. The van der Waals surface area contributed by atoms with Crippen LogP contribution in [0.3, 0.4) is 0 Å². The summed E-state index contributed by atoms with van der Waals surface area (Å²) in [6.45, 7) is 11.6. The Morgan fingerprint density at radius 2 is 2.11 bits per heavy atom. The molecule has 0 saturated heterocycles. The van der Waals surface area contributed by atoms with Crippen molar-refractivity contribution in [3.8, 4) is 0 Å². The van der Waals surface area contributed by atoms with Crippen LogP contribution >= 0.6 is 0 Å². The third kappa shape index (κ3) is 3.76. The standard InChI is InChI=1S/C14H28N4O/c1-7-14(5,19-6)12(15-8-2)9-13-16-10-17-18(13)11(3)4/h10-12,15H,7-9H2,1-6H3. The Morgan fingerprint density at radius 3 is 2.58 bits per heavy atom. The molecule has 1 aromatic rings. The molecule has 0 amide bonds. The van der Waals surface area contributed by atoms with Gasteiger partial charge in [0.05, 0.1) is 5.60 Å². The molecule has 0 fully saturated rings. The summed E-state index contributed by atoms with van der Waals surface area (Å²) >= 11 is 0. The molecule has 1 aromatic heterocycles. The van der Waals surface area contributed by atoms with E-state index in [1.54, 1.807) is 13.4 Å². The lowest BCUT2D eigenvalue weighted by molar-refractivity contribution is -0.0291. The van der Waals surface area contributed by atoms with Crippen molar-refractivity contribution in [1.82, 2.24) is 20.1 Å². The van der Waals surface area contributed by atoms with Crippen LogP contribution in [0, 0.1) is 0 Å². The predicted molar refractivity (Wildman–Crippen MR) is 77.3 cm³/mol. The molecule has 0 aliphatic rings. The molecule has 19 heavy (non-hydrogen) atoms. The molecular formula is C14H28N4O. The lowest BCUT2D eigenvalue weighted by atomic mass is 9.90. The number of hydrogen-bond donors (Lipinski definition) is 1. The van der Waals surface area contributed by atoms with E-state index in [-0.39, 0.29) is 11.6 Å². The van der Waals surface area contributed by atoms with Crippen LogP contribution in [0.1, 0.15) is 52.9 Å². The number of methoxy groups -OCH3 is 1. The SMILES string of the molecule is CCNC(Cc1ncnn1C(C)C)C(C)(CC)OC. The van der Waals surface area contributed by atoms with Gasteiger partial charge in [0.25, 0.3) is 0 Å². The lowest BCUT2D eigenvalue weighted by Gasteiger charge is -2.36. The van der Waals surface area contributed by atoms with Crippen molar-refractivity contribution in [2.45, 2.75) is 65.1 Å². The van der Waals surface area contributed by atoms with E-state index in [0.717, 1.165) is 25.2 Å². The van der Waals surface area contributed by atoms with Gasteiger partial charge in [-0.1, -0.05) is 13.8 Å². The summed E-state index contributed by atoms with van der Waals surface area (Å²) in [4.78, 5) is 4.40. The highest BCUT2D eigenvalue weighted by molar-refractivity contribution is 4.98. The van der Waals surface area contributed by atoms with Gasteiger partial charge in [-0.05, 0) is 33.7 Å². The van der Waals surface area contributed by atoms with E-state index in [9.17, 15) is 0 Å².